The van der Waals surface area contributed by atoms with Crippen LogP contribution in [-0.4, -0.2) is 63.4 Å². The van der Waals surface area contributed by atoms with Gasteiger partial charge in [-0.15, -0.1) is 0 Å². The highest BCUT2D eigenvalue weighted by molar-refractivity contribution is 5.79. The molecule has 2 N–H and O–H groups in total. The number of morpholine rings is 1. The molecule has 1 aliphatic heterocycles. The van der Waals surface area contributed by atoms with Crippen molar-refractivity contribution in [3.8, 4) is 5.75 Å². The van der Waals surface area contributed by atoms with Crippen molar-refractivity contribution in [3.63, 3.8) is 0 Å². The van der Waals surface area contributed by atoms with Gasteiger partial charge in [0.25, 0.3) is 0 Å². The van der Waals surface area contributed by atoms with E-state index in [0.717, 1.165) is 63.2 Å². The fraction of sp³-hybridized carbons (Fsp3) is 0.571. The Morgan fingerprint density at radius 2 is 2.11 bits per heavy atom. The summed E-state index contributed by atoms with van der Waals surface area (Å²) in [5.41, 5.74) is 1.07. The molecule has 0 aliphatic carbocycles. The highest BCUT2D eigenvalue weighted by Gasteiger charge is 2.14. The van der Waals surface area contributed by atoms with E-state index in [-0.39, 0.29) is 0 Å². The lowest BCUT2D eigenvalue weighted by atomic mass is 10.1. The van der Waals surface area contributed by atoms with Gasteiger partial charge in [0, 0.05) is 38.3 Å². The maximum atomic E-state index is 5.72. The standard InChI is InChI=1S/C21H34N4O2/c1-4-12-27-20-9-7-6-8-19(20)16-24-21(22-5-2)23-15-18(3)17-25-10-13-26-14-11-25/h4,6-9,18H,1,5,10-17H2,2-3H3,(H2,22,23,24). The first-order chi connectivity index (χ1) is 13.2. The molecule has 0 bridgehead atoms. The first kappa shape index (κ1) is 21.3. The third kappa shape index (κ3) is 8.01. The summed E-state index contributed by atoms with van der Waals surface area (Å²) in [7, 11) is 0. The van der Waals surface area contributed by atoms with E-state index in [9.17, 15) is 0 Å². The molecule has 1 aromatic carbocycles. The van der Waals surface area contributed by atoms with Gasteiger partial charge >= 0.3 is 0 Å². The van der Waals surface area contributed by atoms with E-state index in [0.29, 0.717) is 19.1 Å². The van der Waals surface area contributed by atoms with Crippen molar-refractivity contribution in [2.45, 2.75) is 20.4 Å². The number of hydrogen-bond acceptors (Lipinski definition) is 4. The summed E-state index contributed by atoms with van der Waals surface area (Å²) in [6.07, 6.45) is 1.75. The van der Waals surface area contributed by atoms with Gasteiger partial charge in [-0.05, 0) is 18.9 Å². The quantitative estimate of drug-likeness (QED) is 0.374. The topological polar surface area (TPSA) is 58.1 Å². The fourth-order valence-corrected chi connectivity index (χ4v) is 2.99. The molecule has 1 aliphatic rings. The van der Waals surface area contributed by atoms with Gasteiger partial charge in [-0.3, -0.25) is 4.90 Å². The Balaban J connectivity index is 1.87. The minimum Gasteiger partial charge on any atom is -0.489 e. The summed E-state index contributed by atoms with van der Waals surface area (Å²) in [5, 5.41) is 6.79. The zero-order chi connectivity index (χ0) is 19.3. The molecule has 1 atom stereocenters. The summed E-state index contributed by atoms with van der Waals surface area (Å²) in [6, 6.07) is 8.00. The minimum absolute atomic E-state index is 0.498. The molecule has 0 radical (unpaired) electrons. The van der Waals surface area contributed by atoms with E-state index in [1.54, 1.807) is 6.08 Å². The lowest BCUT2D eigenvalue weighted by Gasteiger charge is -2.29. The number of benzene rings is 1. The van der Waals surface area contributed by atoms with Crippen LogP contribution in [0.25, 0.3) is 0 Å². The molecule has 1 fully saturated rings. The second-order valence-corrected chi connectivity index (χ2v) is 6.80. The number of aliphatic imine (C=N–C) groups is 1. The Hall–Kier alpha value is -2.05. The number of rotatable bonds is 10. The lowest BCUT2D eigenvalue weighted by molar-refractivity contribution is 0.0320. The SMILES string of the molecule is C=CCOc1ccccc1CN=C(NCC)NCC(C)CN1CCOCC1. The summed E-state index contributed by atoms with van der Waals surface area (Å²) in [4.78, 5) is 7.19. The van der Waals surface area contributed by atoms with E-state index >= 15 is 0 Å². The van der Waals surface area contributed by atoms with Crippen LogP contribution < -0.4 is 15.4 Å². The third-order valence-corrected chi connectivity index (χ3v) is 4.37. The van der Waals surface area contributed by atoms with Crippen LogP contribution in [0.15, 0.2) is 41.9 Å². The van der Waals surface area contributed by atoms with Gasteiger partial charge in [0.1, 0.15) is 12.4 Å². The average Bonchev–Trinajstić information content (AvgIpc) is 2.70. The number of guanidine groups is 1. The van der Waals surface area contributed by atoms with Crippen LogP contribution in [0.2, 0.25) is 0 Å². The van der Waals surface area contributed by atoms with Crippen molar-refractivity contribution < 1.29 is 9.47 Å². The molecule has 1 heterocycles. The lowest BCUT2D eigenvalue weighted by Crippen LogP contribution is -2.44. The third-order valence-electron chi connectivity index (χ3n) is 4.37. The zero-order valence-electron chi connectivity index (χ0n) is 16.7. The highest BCUT2D eigenvalue weighted by atomic mass is 16.5. The van der Waals surface area contributed by atoms with E-state index in [1.807, 2.05) is 24.3 Å². The van der Waals surface area contributed by atoms with Gasteiger partial charge < -0.3 is 20.1 Å². The molecule has 0 amide bonds. The molecule has 0 spiro atoms. The summed E-state index contributed by atoms with van der Waals surface area (Å²) >= 11 is 0. The van der Waals surface area contributed by atoms with Crippen molar-refractivity contribution in [2.75, 3.05) is 52.5 Å². The normalized spacial score (nSPS) is 16.6. The van der Waals surface area contributed by atoms with Crippen LogP contribution in [0.3, 0.4) is 0 Å². The predicted octanol–water partition coefficient (Wildman–Crippen LogP) is 2.27. The molecule has 27 heavy (non-hydrogen) atoms. The highest BCUT2D eigenvalue weighted by Crippen LogP contribution is 2.18. The van der Waals surface area contributed by atoms with E-state index < -0.39 is 0 Å². The predicted molar refractivity (Wildman–Crippen MR) is 111 cm³/mol. The second kappa shape index (κ2) is 12.4. The summed E-state index contributed by atoms with van der Waals surface area (Å²) in [6.45, 7) is 15.7. The molecule has 150 valence electrons. The van der Waals surface area contributed by atoms with Gasteiger partial charge in [0.15, 0.2) is 5.96 Å². The summed E-state index contributed by atoms with van der Waals surface area (Å²) in [5.74, 6) is 2.23. The maximum absolute atomic E-state index is 5.72. The van der Waals surface area contributed by atoms with Crippen molar-refractivity contribution in [1.29, 1.82) is 0 Å². The zero-order valence-corrected chi connectivity index (χ0v) is 16.7. The van der Waals surface area contributed by atoms with Crippen LogP contribution >= 0.6 is 0 Å². The molecule has 1 unspecified atom stereocenters. The fourth-order valence-electron chi connectivity index (χ4n) is 2.99. The maximum Gasteiger partial charge on any atom is 0.191 e. The van der Waals surface area contributed by atoms with E-state index in [2.05, 4.69) is 36.0 Å². The van der Waals surface area contributed by atoms with Gasteiger partial charge in [-0.2, -0.15) is 0 Å². The monoisotopic (exact) mass is 374 g/mol. The van der Waals surface area contributed by atoms with Gasteiger partial charge in [-0.1, -0.05) is 37.8 Å². The van der Waals surface area contributed by atoms with Crippen molar-refractivity contribution >= 4 is 5.96 Å². The molecule has 6 nitrogen and oxygen atoms in total. The van der Waals surface area contributed by atoms with Crippen LogP contribution in [0.4, 0.5) is 0 Å². The molecular weight excluding hydrogens is 340 g/mol. The van der Waals surface area contributed by atoms with Crippen molar-refractivity contribution in [3.05, 3.63) is 42.5 Å². The Bertz CT molecular complexity index is 585. The largest absolute Gasteiger partial charge is 0.489 e. The average molecular weight is 375 g/mol. The molecule has 2 rings (SSSR count). The Morgan fingerprint density at radius 3 is 2.85 bits per heavy atom. The summed E-state index contributed by atoms with van der Waals surface area (Å²) < 4.78 is 11.1. The Morgan fingerprint density at radius 1 is 1.33 bits per heavy atom. The first-order valence-electron chi connectivity index (χ1n) is 9.86. The molecule has 6 heteroatoms. The molecule has 1 aromatic rings. The first-order valence-corrected chi connectivity index (χ1v) is 9.86. The molecule has 0 aromatic heterocycles. The van der Waals surface area contributed by atoms with Crippen LogP contribution in [0.5, 0.6) is 5.75 Å². The number of nitrogens with one attached hydrogen (secondary N) is 2. The number of ether oxygens (including phenoxy) is 2. The Labute approximate surface area is 163 Å². The Kier molecular flexibility index (Phi) is 9.73. The van der Waals surface area contributed by atoms with Crippen LogP contribution in [0, 0.1) is 5.92 Å². The number of para-hydroxylation sites is 1. The minimum atomic E-state index is 0.498. The van der Waals surface area contributed by atoms with Gasteiger partial charge in [-0.25, -0.2) is 4.99 Å². The van der Waals surface area contributed by atoms with Crippen LogP contribution in [-0.2, 0) is 11.3 Å². The molecule has 0 saturated carbocycles. The smallest absolute Gasteiger partial charge is 0.191 e. The van der Waals surface area contributed by atoms with Gasteiger partial charge in [0.05, 0.1) is 19.8 Å². The molecular formula is C21H34N4O2. The molecule has 1 saturated heterocycles. The van der Waals surface area contributed by atoms with Crippen LogP contribution in [0.1, 0.15) is 19.4 Å². The van der Waals surface area contributed by atoms with E-state index in [4.69, 9.17) is 14.5 Å². The van der Waals surface area contributed by atoms with Crippen molar-refractivity contribution in [1.82, 2.24) is 15.5 Å². The number of nitrogens with zero attached hydrogens (tertiary/aromatic N) is 2. The number of hydrogen-bond donors (Lipinski definition) is 2. The second-order valence-electron chi connectivity index (χ2n) is 6.80. The van der Waals surface area contributed by atoms with E-state index in [1.165, 1.54) is 0 Å². The van der Waals surface area contributed by atoms with Gasteiger partial charge in [0.2, 0.25) is 0 Å². The van der Waals surface area contributed by atoms with Crippen molar-refractivity contribution in [2.24, 2.45) is 10.9 Å².